The highest BCUT2D eigenvalue weighted by Gasteiger charge is 2.18. The molecule has 0 aliphatic rings. The molecule has 0 radical (unpaired) electrons. The van der Waals surface area contributed by atoms with Crippen molar-refractivity contribution < 1.29 is 24.5 Å². The van der Waals surface area contributed by atoms with Crippen LogP contribution in [0.1, 0.15) is 322 Å². The Bertz CT molecular complexity index is 955. The standard InChI is InChI=1S/C58H113NO5/c1-3-5-7-9-11-13-15-17-19-21-23-25-27-30-34-38-42-46-50-56(61)55(54-60)59-57(62)51-47-43-39-35-31-29-33-37-41-45-49-53-64-58(63)52-48-44-40-36-32-28-26-24-22-20-18-16-14-12-10-8-6-4-2/h46,50,55-56,60-61H,3-45,47-49,51-54H2,1-2H3,(H,59,62)/b50-46+. The second-order valence-corrected chi connectivity index (χ2v) is 20.0. The van der Waals surface area contributed by atoms with Crippen LogP contribution in [0.3, 0.4) is 0 Å². The molecule has 0 saturated carbocycles. The molecule has 380 valence electrons. The van der Waals surface area contributed by atoms with Crippen LogP contribution >= 0.6 is 0 Å². The molecule has 0 rings (SSSR count). The number of aliphatic hydroxyl groups is 2. The second kappa shape index (κ2) is 54.2. The molecule has 3 N–H and O–H groups in total. The smallest absolute Gasteiger partial charge is 0.305 e. The third-order valence-corrected chi connectivity index (χ3v) is 13.6. The maximum absolute atomic E-state index is 12.5. The highest BCUT2D eigenvalue weighted by Crippen LogP contribution is 2.17. The van der Waals surface area contributed by atoms with Crippen molar-refractivity contribution in [1.82, 2.24) is 5.32 Å². The molecule has 6 nitrogen and oxygen atoms in total. The number of hydrogen-bond donors (Lipinski definition) is 3. The van der Waals surface area contributed by atoms with Gasteiger partial charge in [-0.3, -0.25) is 9.59 Å². The van der Waals surface area contributed by atoms with Gasteiger partial charge in [-0.1, -0.05) is 289 Å². The highest BCUT2D eigenvalue weighted by atomic mass is 16.5. The molecule has 2 unspecified atom stereocenters. The summed E-state index contributed by atoms with van der Waals surface area (Å²) in [7, 11) is 0. The lowest BCUT2D eigenvalue weighted by molar-refractivity contribution is -0.143. The van der Waals surface area contributed by atoms with Crippen LogP contribution in [0.15, 0.2) is 12.2 Å². The van der Waals surface area contributed by atoms with Gasteiger partial charge in [0.25, 0.3) is 0 Å². The summed E-state index contributed by atoms with van der Waals surface area (Å²) in [6.45, 7) is 4.89. The number of hydrogen-bond acceptors (Lipinski definition) is 5. The van der Waals surface area contributed by atoms with Gasteiger partial charge in [-0.25, -0.2) is 0 Å². The average molecular weight is 905 g/mol. The lowest BCUT2D eigenvalue weighted by atomic mass is 10.0. The van der Waals surface area contributed by atoms with E-state index in [0.717, 1.165) is 57.8 Å². The molecule has 0 fully saturated rings. The first-order valence-corrected chi connectivity index (χ1v) is 29.0. The lowest BCUT2D eigenvalue weighted by Crippen LogP contribution is -2.45. The van der Waals surface area contributed by atoms with Crippen LogP contribution in [-0.2, 0) is 14.3 Å². The number of nitrogens with one attached hydrogen (secondary N) is 1. The molecule has 0 saturated heterocycles. The van der Waals surface area contributed by atoms with Gasteiger partial charge in [0.15, 0.2) is 0 Å². The first kappa shape index (κ1) is 62.6. The molecule has 0 aliphatic carbocycles. The Morgan fingerprint density at radius 3 is 1.06 bits per heavy atom. The summed E-state index contributed by atoms with van der Waals surface area (Å²) in [5.41, 5.74) is 0. The Morgan fingerprint density at radius 1 is 0.422 bits per heavy atom. The molecule has 0 aromatic rings. The molecule has 1 amide bonds. The summed E-state index contributed by atoms with van der Waals surface area (Å²) in [4.78, 5) is 24.6. The number of esters is 1. The second-order valence-electron chi connectivity index (χ2n) is 20.0. The number of carbonyl (C=O) groups is 2. The van der Waals surface area contributed by atoms with Crippen LogP contribution in [-0.4, -0.2) is 47.4 Å². The monoisotopic (exact) mass is 904 g/mol. The van der Waals surface area contributed by atoms with Gasteiger partial charge in [0, 0.05) is 12.8 Å². The number of unbranched alkanes of at least 4 members (excludes halogenated alkanes) is 43. The number of allylic oxidation sites excluding steroid dienone is 1. The zero-order valence-electron chi connectivity index (χ0n) is 43.3. The summed E-state index contributed by atoms with van der Waals surface area (Å²) in [6, 6.07) is -0.641. The predicted octanol–water partition coefficient (Wildman–Crippen LogP) is 17.7. The van der Waals surface area contributed by atoms with E-state index < -0.39 is 12.1 Å². The lowest BCUT2D eigenvalue weighted by Gasteiger charge is -2.20. The third kappa shape index (κ3) is 50.0. The molecule has 6 heteroatoms. The summed E-state index contributed by atoms with van der Waals surface area (Å²) >= 11 is 0. The summed E-state index contributed by atoms with van der Waals surface area (Å²) < 4.78 is 5.48. The van der Waals surface area contributed by atoms with Gasteiger partial charge in [0.2, 0.25) is 5.91 Å². The van der Waals surface area contributed by atoms with Crippen LogP contribution in [0.2, 0.25) is 0 Å². The van der Waals surface area contributed by atoms with E-state index in [9.17, 15) is 19.8 Å². The van der Waals surface area contributed by atoms with Crippen molar-refractivity contribution in [1.29, 1.82) is 0 Å². The number of amides is 1. The molecule has 64 heavy (non-hydrogen) atoms. The Morgan fingerprint density at radius 2 is 0.719 bits per heavy atom. The van der Waals surface area contributed by atoms with Gasteiger partial charge in [-0.2, -0.15) is 0 Å². The van der Waals surface area contributed by atoms with Gasteiger partial charge in [0.1, 0.15) is 0 Å². The van der Waals surface area contributed by atoms with Crippen molar-refractivity contribution in [2.45, 2.75) is 334 Å². The Balaban J connectivity index is 3.47. The van der Waals surface area contributed by atoms with Gasteiger partial charge in [0.05, 0.1) is 25.4 Å². The summed E-state index contributed by atoms with van der Waals surface area (Å²) in [6.07, 6.45) is 63.7. The third-order valence-electron chi connectivity index (χ3n) is 13.6. The van der Waals surface area contributed by atoms with Crippen molar-refractivity contribution in [2.75, 3.05) is 13.2 Å². The van der Waals surface area contributed by atoms with Crippen LogP contribution in [0.4, 0.5) is 0 Å². The average Bonchev–Trinajstić information content (AvgIpc) is 3.29. The zero-order chi connectivity index (χ0) is 46.5. The van der Waals surface area contributed by atoms with E-state index >= 15 is 0 Å². The minimum atomic E-state index is -0.856. The van der Waals surface area contributed by atoms with Crippen molar-refractivity contribution in [2.24, 2.45) is 0 Å². The summed E-state index contributed by atoms with van der Waals surface area (Å²) in [5.74, 6) is -0.0938. The van der Waals surface area contributed by atoms with Gasteiger partial charge in [-0.15, -0.1) is 0 Å². The van der Waals surface area contributed by atoms with Crippen molar-refractivity contribution >= 4 is 11.9 Å². The van der Waals surface area contributed by atoms with Crippen LogP contribution < -0.4 is 5.32 Å². The number of carbonyl (C=O) groups excluding carboxylic acids is 2. The van der Waals surface area contributed by atoms with Crippen molar-refractivity contribution in [3.63, 3.8) is 0 Å². The van der Waals surface area contributed by atoms with Crippen LogP contribution in [0.25, 0.3) is 0 Å². The first-order valence-electron chi connectivity index (χ1n) is 29.0. The van der Waals surface area contributed by atoms with Crippen LogP contribution in [0.5, 0.6) is 0 Å². The highest BCUT2D eigenvalue weighted by molar-refractivity contribution is 5.76. The predicted molar refractivity (Wildman–Crippen MR) is 278 cm³/mol. The number of aliphatic hydroxyl groups excluding tert-OH is 2. The van der Waals surface area contributed by atoms with E-state index in [4.69, 9.17) is 4.74 Å². The quantitative estimate of drug-likeness (QED) is 0.0321. The minimum absolute atomic E-state index is 0.0103. The number of rotatable bonds is 54. The van der Waals surface area contributed by atoms with E-state index in [0.29, 0.717) is 19.4 Å². The Hall–Kier alpha value is -1.40. The van der Waals surface area contributed by atoms with E-state index in [1.165, 1.54) is 238 Å². The molecule has 0 aliphatic heterocycles. The molecule has 0 heterocycles. The maximum Gasteiger partial charge on any atom is 0.305 e. The first-order chi connectivity index (χ1) is 31.5. The van der Waals surface area contributed by atoms with Gasteiger partial charge in [-0.05, 0) is 32.1 Å². The van der Waals surface area contributed by atoms with Crippen molar-refractivity contribution in [3.05, 3.63) is 12.2 Å². The largest absolute Gasteiger partial charge is 0.466 e. The Kier molecular flexibility index (Phi) is 53.0. The minimum Gasteiger partial charge on any atom is -0.466 e. The van der Waals surface area contributed by atoms with Gasteiger partial charge >= 0.3 is 5.97 Å². The van der Waals surface area contributed by atoms with Crippen molar-refractivity contribution in [3.8, 4) is 0 Å². The molecule has 0 bridgehead atoms. The van der Waals surface area contributed by atoms with Gasteiger partial charge < -0.3 is 20.3 Å². The van der Waals surface area contributed by atoms with E-state index in [1.807, 2.05) is 6.08 Å². The fourth-order valence-electron chi connectivity index (χ4n) is 9.11. The molecule has 0 aromatic heterocycles. The fraction of sp³-hybridized carbons (Fsp3) is 0.931. The van der Waals surface area contributed by atoms with E-state index in [-0.39, 0.29) is 18.5 Å². The Labute approximate surface area is 399 Å². The normalized spacial score (nSPS) is 12.6. The zero-order valence-corrected chi connectivity index (χ0v) is 43.3. The van der Waals surface area contributed by atoms with E-state index in [1.54, 1.807) is 6.08 Å². The SMILES string of the molecule is CCCCCCCCCCCCCCCCCC/C=C/C(O)C(CO)NC(=O)CCCCCCCCCCCCCOC(=O)CCCCCCCCCCCCCCCCCCCC. The molecule has 2 atom stereocenters. The molecular formula is C58H113NO5. The van der Waals surface area contributed by atoms with Crippen LogP contribution in [0, 0.1) is 0 Å². The molecule has 0 spiro atoms. The fourth-order valence-corrected chi connectivity index (χ4v) is 9.11. The molecule has 0 aromatic carbocycles. The maximum atomic E-state index is 12.5. The number of ether oxygens (including phenoxy) is 1. The molecular weight excluding hydrogens is 791 g/mol. The summed E-state index contributed by atoms with van der Waals surface area (Å²) in [5, 5.41) is 23.1. The topological polar surface area (TPSA) is 95.9 Å². The van der Waals surface area contributed by atoms with E-state index in [2.05, 4.69) is 19.2 Å².